The van der Waals surface area contributed by atoms with Gasteiger partial charge in [-0.3, -0.25) is 0 Å². The maximum absolute atomic E-state index is 10.8. The molecule has 0 aromatic carbocycles. The Balaban J connectivity index is 2.80. The van der Waals surface area contributed by atoms with E-state index in [0.29, 0.717) is 5.76 Å². The second-order valence-electron chi connectivity index (χ2n) is 1.87. The van der Waals surface area contributed by atoms with Gasteiger partial charge in [0, 0.05) is 6.07 Å². The number of carbonyl (C=O) groups excluding carboxylic acids is 1. The molecule has 1 rings (SSSR count). The van der Waals surface area contributed by atoms with Gasteiger partial charge in [0.05, 0.1) is 13.7 Å². The quantitative estimate of drug-likeness (QED) is 0.606. The Morgan fingerprint density at radius 3 is 3.09 bits per heavy atom. The van der Waals surface area contributed by atoms with Crippen LogP contribution in [0.1, 0.15) is 16.2 Å². The van der Waals surface area contributed by atoms with Crippen LogP contribution in [0, 0.1) is 0 Å². The molecule has 0 saturated carbocycles. The first kappa shape index (κ1) is 7.74. The van der Waals surface area contributed by atoms with Crippen LogP contribution in [0.15, 0.2) is 10.6 Å². The number of esters is 1. The third-order valence-corrected chi connectivity index (χ3v) is 1.15. The number of hydrogen-bond acceptors (Lipinski definition) is 5. The fraction of sp³-hybridized carbons (Fsp3) is 0.333. The summed E-state index contributed by atoms with van der Waals surface area (Å²) in [5.41, 5.74) is 5.37. The lowest BCUT2D eigenvalue weighted by atomic mass is 10.4. The van der Waals surface area contributed by atoms with E-state index in [1.165, 1.54) is 13.2 Å². The highest BCUT2D eigenvalue weighted by atomic mass is 16.5. The van der Waals surface area contributed by atoms with Crippen molar-refractivity contribution in [2.75, 3.05) is 7.11 Å². The molecular formula is C6H8N2O3. The molecule has 0 saturated heterocycles. The molecule has 1 aromatic rings. The zero-order chi connectivity index (χ0) is 8.27. The molecule has 0 aliphatic carbocycles. The van der Waals surface area contributed by atoms with E-state index in [1.807, 2.05) is 0 Å². The largest absolute Gasteiger partial charge is 0.464 e. The number of nitrogens with two attached hydrogens (primary N) is 1. The highest BCUT2D eigenvalue weighted by Gasteiger charge is 2.10. The first-order valence-corrected chi connectivity index (χ1v) is 3.02. The van der Waals surface area contributed by atoms with Gasteiger partial charge in [-0.2, -0.15) is 0 Å². The minimum Gasteiger partial charge on any atom is -0.464 e. The molecule has 0 amide bonds. The lowest BCUT2D eigenvalue weighted by Crippen LogP contribution is -2.00. The highest BCUT2D eigenvalue weighted by molar-refractivity contribution is 5.86. The molecule has 0 aliphatic rings. The van der Waals surface area contributed by atoms with Gasteiger partial charge in [-0.05, 0) is 0 Å². The molecule has 60 valence electrons. The smallest absolute Gasteiger partial charge is 0.360 e. The average molecular weight is 156 g/mol. The van der Waals surface area contributed by atoms with Gasteiger partial charge >= 0.3 is 5.97 Å². The van der Waals surface area contributed by atoms with Crippen LogP contribution in [0.25, 0.3) is 0 Å². The Labute approximate surface area is 63.1 Å². The fourth-order valence-corrected chi connectivity index (χ4v) is 0.610. The van der Waals surface area contributed by atoms with Crippen molar-refractivity contribution < 1.29 is 14.1 Å². The maximum Gasteiger partial charge on any atom is 0.360 e. The Hall–Kier alpha value is -1.36. The normalized spacial score (nSPS) is 9.64. The number of nitrogens with zero attached hydrogens (tertiary/aromatic N) is 1. The maximum atomic E-state index is 10.8. The summed E-state index contributed by atoms with van der Waals surface area (Å²) in [6.45, 7) is 0.226. The van der Waals surface area contributed by atoms with Crippen molar-refractivity contribution in [3.63, 3.8) is 0 Å². The summed E-state index contributed by atoms with van der Waals surface area (Å²) in [5, 5.41) is 3.43. The summed E-state index contributed by atoms with van der Waals surface area (Å²) in [7, 11) is 1.28. The third-order valence-electron chi connectivity index (χ3n) is 1.15. The topological polar surface area (TPSA) is 78.4 Å². The van der Waals surface area contributed by atoms with Crippen molar-refractivity contribution in [3.05, 3.63) is 17.5 Å². The van der Waals surface area contributed by atoms with Gasteiger partial charge in [-0.1, -0.05) is 5.16 Å². The van der Waals surface area contributed by atoms with Crippen LogP contribution in [0.3, 0.4) is 0 Å². The summed E-state index contributed by atoms with van der Waals surface area (Å²) in [6, 6.07) is 1.45. The van der Waals surface area contributed by atoms with Gasteiger partial charge in [0.25, 0.3) is 0 Å². The predicted octanol–water partition coefficient (Wildman–Crippen LogP) is -0.0801. The van der Waals surface area contributed by atoms with Crippen LogP contribution in [0.5, 0.6) is 0 Å². The van der Waals surface area contributed by atoms with Crippen LogP contribution >= 0.6 is 0 Å². The minimum atomic E-state index is -0.520. The van der Waals surface area contributed by atoms with E-state index >= 15 is 0 Å². The number of aromatic nitrogens is 1. The van der Waals surface area contributed by atoms with E-state index in [0.717, 1.165) is 0 Å². The first-order chi connectivity index (χ1) is 5.27. The van der Waals surface area contributed by atoms with Crippen LogP contribution in [0.2, 0.25) is 0 Å². The fourth-order valence-electron chi connectivity index (χ4n) is 0.610. The number of hydrogen-bond donors (Lipinski definition) is 1. The number of ether oxygens (including phenoxy) is 1. The zero-order valence-electron chi connectivity index (χ0n) is 6.03. The SMILES string of the molecule is COC(=O)c1cc(CN)on1. The third kappa shape index (κ3) is 1.56. The lowest BCUT2D eigenvalue weighted by molar-refractivity contribution is 0.0589. The number of carbonyl (C=O) groups is 1. The number of rotatable bonds is 2. The van der Waals surface area contributed by atoms with Gasteiger partial charge in [0.15, 0.2) is 11.5 Å². The molecule has 1 aromatic heterocycles. The summed E-state index contributed by atoms with van der Waals surface area (Å²) >= 11 is 0. The predicted molar refractivity (Wildman–Crippen MR) is 35.7 cm³/mol. The molecule has 1 heterocycles. The van der Waals surface area contributed by atoms with Crippen LogP contribution in [-0.4, -0.2) is 18.2 Å². The van der Waals surface area contributed by atoms with Crippen LogP contribution in [0.4, 0.5) is 0 Å². The van der Waals surface area contributed by atoms with Gasteiger partial charge < -0.3 is 15.0 Å². The Kier molecular flexibility index (Phi) is 2.22. The van der Waals surface area contributed by atoms with Crippen LogP contribution < -0.4 is 5.73 Å². The molecule has 0 aliphatic heterocycles. The van der Waals surface area contributed by atoms with E-state index in [2.05, 4.69) is 14.4 Å². The van der Waals surface area contributed by atoms with Gasteiger partial charge in [0.2, 0.25) is 0 Å². The lowest BCUT2D eigenvalue weighted by Gasteiger charge is -1.88. The van der Waals surface area contributed by atoms with Crippen molar-refractivity contribution in [3.8, 4) is 0 Å². The molecule has 0 unspecified atom stereocenters. The summed E-state index contributed by atoms with van der Waals surface area (Å²) in [5.74, 6) is -0.0566. The number of methoxy groups -OCH3 is 1. The van der Waals surface area contributed by atoms with Crippen molar-refractivity contribution in [2.45, 2.75) is 6.54 Å². The zero-order valence-corrected chi connectivity index (χ0v) is 6.03. The molecule has 5 heteroatoms. The Bertz CT molecular complexity index is 256. The van der Waals surface area contributed by atoms with E-state index in [9.17, 15) is 4.79 Å². The molecule has 5 nitrogen and oxygen atoms in total. The van der Waals surface area contributed by atoms with Gasteiger partial charge in [-0.25, -0.2) is 4.79 Å². The van der Waals surface area contributed by atoms with E-state index in [-0.39, 0.29) is 12.2 Å². The van der Waals surface area contributed by atoms with Gasteiger partial charge in [0.1, 0.15) is 0 Å². The highest BCUT2D eigenvalue weighted by Crippen LogP contribution is 2.02. The second kappa shape index (κ2) is 3.16. The summed E-state index contributed by atoms with van der Waals surface area (Å²) in [4.78, 5) is 10.8. The summed E-state index contributed by atoms with van der Waals surface area (Å²) in [6.07, 6.45) is 0. The van der Waals surface area contributed by atoms with E-state index in [4.69, 9.17) is 5.73 Å². The molecule has 0 bridgehead atoms. The second-order valence-corrected chi connectivity index (χ2v) is 1.87. The minimum absolute atomic E-state index is 0.146. The van der Waals surface area contributed by atoms with Crippen molar-refractivity contribution in [1.29, 1.82) is 0 Å². The standard InChI is InChI=1S/C6H8N2O3/c1-10-6(9)5-2-4(3-7)11-8-5/h2H,3,7H2,1H3. The molecule has 11 heavy (non-hydrogen) atoms. The van der Waals surface area contributed by atoms with Crippen molar-refractivity contribution in [1.82, 2.24) is 5.16 Å². The molecule has 0 atom stereocenters. The van der Waals surface area contributed by atoms with E-state index < -0.39 is 5.97 Å². The first-order valence-electron chi connectivity index (χ1n) is 3.02. The Morgan fingerprint density at radius 2 is 2.64 bits per heavy atom. The van der Waals surface area contributed by atoms with Crippen molar-refractivity contribution >= 4 is 5.97 Å². The Morgan fingerprint density at radius 1 is 1.91 bits per heavy atom. The molecule has 0 radical (unpaired) electrons. The summed E-state index contributed by atoms with van der Waals surface area (Å²) < 4.78 is 9.05. The van der Waals surface area contributed by atoms with Crippen molar-refractivity contribution in [2.24, 2.45) is 5.73 Å². The van der Waals surface area contributed by atoms with Crippen LogP contribution in [-0.2, 0) is 11.3 Å². The molecule has 0 fully saturated rings. The monoisotopic (exact) mass is 156 g/mol. The molecule has 2 N–H and O–H groups in total. The average Bonchev–Trinajstić information content (AvgIpc) is 2.50. The molecular weight excluding hydrogens is 148 g/mol. The molecule has 0 spiro atoms. The van der Waals surface area contributed by atoms with E-state index in [1.54, 1.807) is 0 Å². The van der Waals surface area contributed by atoms with Gasteiger partial charge in [-0.15, -0.1) is 0 Å².